The second kappa shape index (κ2) is 5.88. The maximum absolute atomic E-state index is 12.7. The average Bonchev–Trinajstić information content (AvgIpc) is 2.72. The van der Waals surface area contributed by atoms with Gasteiger partial charge in [-0.3, -0.25) is 9.40 Å². The van der Waals surface area contributed by atoms with E-state index in [9.17, 15) is 21.6 Å². The van der Waals surface area contributed by atoms with E-state index in [2.05, 4.69) is 9.82 Å². The predicted molar refractivity (Wildman–Crippen MR) is 79.6 cm³/mol. The monoisotopic (exact) mass is 347 g/mol. The van der Waals surface area contributed by atoms with Gasteiger partial charge in [0.15, 0.2) is 0 Å². The topological polar surface area (TPSA) is 64.0 Å². The third-order valence-electron chi connectivity index (χ3n) is 3.33. The van der Waals surface area contributed by atoms with Gasteiger partial charge in [-0.15, -0.1) is 0 Å². The van der Waals surface area contributed by atoms with Crippen LogP contribution in [0.2, 0.25) is 0 Å². The Hall–Kier alpha value is -2.03. The van der Waals surface area contributed by atoms with E-state index < -0.39 is 21.8 Å². The first-order valence-corrected chi connectivity index (χ1v) is 8.28. The van der Waals surface area contributed by atoms with E-state index in [4.69, 9.17) is 0 Å². The molecule has 0 saturated carbocycles. The lowest BCUT2D eigenvalue weighted by Crippen LogP contribution is -2.15. The zero-order valence-corrected chi connectivity index (χ0v) is 13.6. The molecule has 0 aliphatic rings. The van der Waals surface area contributed by atoms with Crippen LogP contribution < -0.4 is 4.72 Å². The zero-order valence-electron chi connectivity index (χ0n) is 12.8. The fourth-order valence-electron chi connectivity index (χ4n) is 2.34. The molecular formula is C14H16F3N3O2S. The number of anilines is 1. The molecular weight excluding hydrogens is 331 g/mol. The van der Waals surface area contributed by atoms with Crippen molar-refractivity contribution in [1.82, 2.24) is 9.78 Å². The number of rotatable bonds is 4. The summed E-state index contributed by atoms with van der Waals surface area (Å²) in [5.74, 6) is 0. The van der Waals surface area contributed by atoms with Gasteiger partial charge in [-0.1, -0.05) is 6.07 Å². The summed E-state index contributed by atoms with van der Waals surface area (Å²) in [7, 11) is -4.03. The van der Waals surface area contributed by atoms with Crippen LogP contribution in [-0.4, -0.2) is 18.2 Å². The maximum Gasteiger partial charge on any atom is 0.416 e. The molecule has 1 N–H and O–H groups in total. The fraction of sp³-hybridized carbons (Fsp3) is 0.357. The van der Waals surface area contributed by atoms with Crippen LogP contribution in [0.4, 0.5) is 18.9 Å². The molecule has 1 heterocycles. The number of halogens is 3. The van der Waals surface area contributed by atoms with Gasteiger partial charge >= 0.3 is 6.18 Å². The molecule has 0 unspecified atom stereocenters. The predicted octanol–water partition coefficient (Wildman–Crippen LogP) is 3.34. The van der Waals surface area contributed by atoms with Crippen molar-refractivity contribution in [1.29, 1.82) is 0 Å². The number of nitrogens with one attached hydrogen (secondary N) is 1. The molecule has 126 valence electrons. The van der Waals surface area contributed by atoms with Gasteiger partial charge in [0, 0.05) is 12.2 Å². The first-order valence-electron chi connectivity index (χ1n) is 6.80. The Bertz CT molecular complexity index is 826. The number of aryl methyl sites for hydroxylation is 2. The Morgan fingerprint density at radius 1 is 1.26 bits per heavy atom. The molecule has 0 radical (unpaired) electrons. The lowest BCUT2D eigenvalue weighted by molar-refractivity contribution is -0.137. The van der Waals surface area contributed by atoms with Crippen molar-refractivity contribution in [3.63, 3.8) is 0 Å². The third kappa shape index (κ3) is 3.49. The molecule has 0 spiro atoms. The van der Waals surface area contributed by atoms with Crippen molar-refractivity contribution in [2.45, 2.75) is 38.4 Å². The molecule has 1 aromatic carbocycles. The molecule has 0 atom stereocenters. The van der Waals surface area contributed by atoms with Crippen molar-refractivity contribution in [3.05, 3.63) is 41.2 Å². The van der Waals surface area contributed by atoms with Crippen LogP contribution in [0, 0.1) is 13.8 Å². The number of alkyl halides is 3. The van der Waals surface area contributed by atoms with E-state index in [1.54, 1.807) is 13.8 Å². The van der Waals surface area contributed by atoms with Gasteiger partial charge in [-0.25, -0.2) is 8.42 Å². The standard InChI is InChI=1S/C14H16F3N3O2S/c1-4-20-10(3)13(9(2)18-20)23(21,22)19-12-7-5-6-11(8-12)14(15,16)17/h5-8,19H,4H2,1-3H3. The van der Waals surface area contributed by atoms with E-state index in [-0.39, 0.29) is 10.6 Å². The zero-order chi connectivity index (χ0) is 17.4. The first-order chi connectivity index (χ1) is 10.6. The van der Waals surface area contributed by atoms with Crippen molar-refractivity contribution in [3.8, 4) is 0 Å². The van der Waals surface area contributed by atoms with Gasteiger partial charge < -0.3 is 0 Å². The summed E-state index contributed by atoms with van der Waals surface area (Å²) in [5, 5.41) is 4.11. The summed E-state index contributed by atoms with van der Waals surface area (Å²) in [4.78, 5) is -0.0169. The third-order valence-corrected chi connectivity index (χ3v) is 4.96. The van der Waals surface area contributed by atoms with Crippen LogP contribution in [0.25, 0.3) is 0 Å². The van der Waals surface area contributed by atoms with E-state index in [0.717, 1.165) is 18.2 Å². The minimum Gasteiger partial charge on any atom is -0.280 e. The molecule has 2 rings (SSSR count). The highest BCUT2D eigenvalue weighted by Gasteiger charge is 2.31. The fourth-order valence-corrected chi connectivity index (χ4v) is 3.81. The van der Waals surface area contributed by atoms with Crippen molar-refractivity contribution in [2.24, 2.45) is 0 Å². The number of hydrogen-bond acceptors (Lipinski definition) is 3. The number of aromatic nitrogens is 2. The molecule has 9 heteroatoms. The number of nitrogens with zero attached hydrogens (tertiary/aromatic N) is 2. The van der Waals surface area contributed by atoms with Crippen LogP contribution in [0.15, 0.2) is 29.2 Å². The van der Waals surface area contributed by atoms with Gasteiger partial charge in [0.05, 0.1) is 17.0 Å². The van der Waals surface area contributed by atoms with Gasteiger partial charge in [0.25, 0.3) is 10.0 Å². The molecule has 0 fully saturated rings. The van der Waals surface area contributed by atoms with Crippen LogP contribution in [-0.2, 0) is 22.7 Å². The number of sulfonamides is 1. The van der Waals surface area contributed by atoms with Crippen LogP contribution in [0.1, 0.15) is 23.9 Å². The largest absolute Gasteiger partial charge is 0.416 e. The molecule has 0 aliphatic heterocycles. The van der Waals surface area contributed by atoms with Crippen molar-refractivity contribution in [2.75, 3.05) is 4.72 Å². The highest BCUT2D eigenvalue weighted by atomic mass is 32.2. The van der Waals surface area contributed by atoms with Crippen LogP contribution in [0.3, 0.4) is 0 Å². The highest BCUT2D eigenvalue weighted by Crippen LogP contribution is 2.31. The van der Waals surface area contributed by atoms with Gasteiger partial charge in [0.2, 0.25) is 0 Å². The Morgan fingerprint density at radius 2 is 1.91 bits per heavy atom. The minimum absolute atomic E-state index is 0.0169. The average molecular weight is 347 g/mol. The maximum atomic E-state index is 12.7. The molecule has 1 aromatic heterocycles. The van der Waals surface area contributed by atoms with E-state index in [0.29, 0.717) is 17.9 Å². The molecule has 5 nitrogen and oxygen atoms in total. The second-order valence-corrected chi connectivity index (χ2v) is 6.62. The normalized spacial score (nSPS) is 12.4. The summed E-state index contributed by atoms with van der Waals surface area (Å²) in [6.45, 7) is 5.45. The van der Waals surface area contributed by atoms with Crippen molar-refractivity contribution >= 4 is 15.7 Å². The summed E-state index contributed by atoms with van der Waals surface area (Å²) in [5.41, 5.74) is -0.341. The Balaban J connectivity index is 2.42. The lowest BCUT2D eigenvalue weighted by Gasteiger charge is -2.11. The Labute approximate surface area is 132 Å². The number of benzene rings is 1. The van der Waals surface area contributed by atoms with Gasteiger partial charge in [0.1, 0.15) is 4.90 Å². The quantitative estimate of drug-likeness (QED) is 0.923. The van der Waals surface area contributed by atoms with Gasteiger partial charge in [-0.2, -0.15) is 18.3 Å². The molecule has 0 amide bonds. The van der Waals surface area contributed by atoms with E-state index in [1.807, 2.05) is 6.92 Å². The molecule has 0 saturated heterocycles. The first kappa shape index (κ1) is 17.3. The molecule has 23 heavy (non-hydrogen) atoms. The molecule has 2 aromatic rings. The Kier molecular flexibility index (Phi) is 4.43. The van der Waals surface area contributed by atoms with E-state index in [1.165, 1.54) is 10.7 Å². The van der Waals surface area contributed by atoms with Crippen molar-refractivity contribution < 1.29 is 21.6 Å². The SMILES string of the molecule is CCn1nc(C)c(S(=O)(=O)Nc2cccc(C(F)(F)F)c2)c1C. The van der Waals surface area contributed by atoms with Crippen LogP contribution in [0.5, 0.6) is 0 Å². The lowest BCUT2D eigenvalue weighted by atomic mass is 10.2. The van der Waals surface area contributed by atoms with Crippen LogP contribution >= 0.6 is 0 Å². The summed E-state index contributed by atoms with van der Waals surface area (Å²) in [6, 6.07) is 4.05. The Morgan fingerprint density at radius 3 is 2.43 bits per heavy atom. The van der Waals surface area contributed by atoms with Gasteiger partial charge in [-0.05, 0) is 39.0 Å². The second-order valence-electron chi connectivity index (χ2n) is 5.00. The smallest absolute Gasteiger partial charge is 0.280 e. The summed E-state index contributed by atoms with van der Waals surface area (Å²) in [6.07, 6.45) is -4.54. The number of hydrogen-bond donors (Lipinski definition) is 1. The highest BCUT2D eigenvalue weighted by molar-refractivity contribution is 7.92. The minimum atomic E-state index is -4.54. The van der Waals surface area contributed by atoms with E-state index >= 15 is 0 Å². The summed E-state index contributed by atoms with van der Waals surface area (Å²) >= 11 is 0. The molecule has 0 bridgehead atoms. The summed E-state index contributed by atoms with van der Waals surface area (Å²) < 4.78 is 66.8. The molecule has 0 aliphatic carbocycles.